The molecule has 0 unspecified atom stereocenters. The van der Waals surface area contributed by atoms with Crippen molar-refractivity contribution in [1.29, 1.82) is 0 Å². The Morgan fingerprint density at radius 3 is 2.91 bits per heavy atom. The zero-order valence-corrected chi connectivity index (χ0v) is 13.6. The summed E-state index contributed by atoms with van der Waals surface area (Å²) in [5.41, 5.74) is 2.78. The van der Waals surface area contributed by atoms with Gasteiger partial charge in [-0.15, -0.1) is 0 Å². The van der Waals surface area contributed by atoms with Crippen LogP contribution in [0.1, 0.15) is 5.56 Å². The van der Waals surface area contributed by atoms with E-state index in [0.29, 0.717) is 16.3 Å². The van der Waals surface area contributed by atoms with Crippen LogP contribution in [0.4, 0.5) is 0 Å². The summed E-state index contributed by atoms with van der Waals surface area (Å²) in [6, 6.07) is 11.8. The average molecular weight is 384 g/mol. The Bertz CT molecular complexity index is 707. The van der Waals surface area contributed by atoms with Crippen LogP contribution in [0.3, 0.4) is 0 Å². The van der Waals surface area contributed by atoms with Gasteiger partial charge in [-0.05, 0) is 30.3 Å². The first-order chi connectivity index (χ1) is 10.6. The maximum absolute atomic E-state index is 11.6. The van der Waals surface area contributed by atoms with E-state index in [2.05, 4.69) is 26.5 Å². The summed E-state index contributed by atoms with van der Waals surface area (Å²) in [5, 5.41) is 13.8. The van der Waals surface area contributed by atoms with Gasteiger partial charge < -0.3 is 9.84 Å². The maximum Gasteiger partial charge on any atom is 0.277 e. The zero-order valence-electron chi connectivity index (χ0n) is 11.3. The molecule has 0 fully saturated rings. The molecule has 0 aliphatic rings. The van der Waals surface area contributed by atoms with Crippen LogP contribution in [-0.2, 0) is 4.79 Å². The number of aromatic hydroxyl groups is 1. The molecule has 0 heterocycles. The standard InChI is InChI=1S/C15H12BrClN2O3/c16-11-5-6-13(20)10(7-11)8-18-19-15(21)9-22-14-4-2-1-3-12(14)17/h1-8,20H,9H2,(H,19,21). The lowest BCUT2D eigenvalue weighted by Gasteiger charge is -2.06. The van der Waals surface area contributed by atoms with Crippen LogP contribution in [0.25, 0.3) is 0 Å². The molecule has 7 heteroatoms. The summed E-state index contributed by atoms with van der Waals surface area (Å²) < 4.78 is 6.06. The smallest absolute Gasteiger partial charge is 0.277 e. The highest BCUT2D eigenvalue weighted by atomic mass is 79.9. The molecule has 2 rings (SSSR count). The van der Waals surface area contributed by atoms with E-state index in [1.165, 1.54) is 12.3 Å². The van der Waals surface area contributed by atoms with Gasteiger partial charge in [0, 0.05) is 10.0 Å². The molecule has 0 bridgehead atoms. The molecule has 0 aliphatic carbocycles. The first-order valence-corrected chi connectivity index (χ1v) is 7.41. The predicted molar refractivity (Wildman–Crippen MR) is 88.5 cm³/mol. The topological polar surface area (TPSA) is 70.9 Å². The highest BCUT2D eigenvalue weighted by Crippen LogP contribution is 2.22. The summed E-state index contributed by atoms with van der Waals surface area (Å²) in [6.07, 6.45) is 1.34. The summed E-state index contributed by atoms with van der Waals surface area (Å²) in [7, 11) is 0. The van der Waals surface area contributed by atoms with Crippen molar-refractivity contribution in [2.24, 2.45) is 5.10 Å². The molecule has 1 amide bonds. The monoisotopic (exact) mass is 382 g/mol. The Hall–Kier alpha value is -2.05. The minimum absolute atomic E-state index is 0.0634. The van der Waals surface area contributed by atoms with E-state index in [9.17, 15) is 9.90 Å². The normalized spacial score (nSPS) is 10.6. The van der Waals surface area contributed by atoms with Crippen molar-refractivity contribution in [2.45, 2.75) is 0 Å². The molecule has 0 saturated heterocycles. The van der Waals surface area contributed by atoms with Crippen molar-refractivity contribution in [3.8, 4) is 11.5 Å². The van der Waals surface area contributed by atoms with Crippen molar-refractivity contribution in [3.05, 3.63) is 57.5 Å². The molecule has 0 radical (unpaired) electrons. The summed E-state index contributed by atoms with van der Waals surface area (Å²) in [6.45, 7) is -0.217. The summed E-state index contributed by atoms with van der Waals surface area (Å²) in [4.78, 5) is 11.6. The fraction of sp³-hybridized carbons (Fsp3) is 0.0667. The van der Waals surface area contributed by atoms with Crippen LogP contribution in [0.5, 0.6) is 11.5 Å². The lowest BCUT2D eigenvalue weighted by atomic mass is 10.2. The van der Waals surface area contributed by atoms with E-state index in [-0.39, 0.29) is 12.4 Å². The van der Waals surface area contributed by atoms with Gasteiger partial charge in [-0.25, -0.2) is 5.43 Å². The lowest BCUT2D eigenvalue weighted by Crippen LogP contribution is -2.24. The van der Waals surface area contributed by atoms with Gasteiger partial charge in [0.05, 0.1) is 11.2 Å². The SMILES string of the molecule is O=C(COc1ccccc1Cl)NN=Cc1cc(Br)ccc1O. The molecular formula is C15H12BrClN2O3. The molecule has 2 aromatic rings. The van der Waals surface area contributed by atoms with Crippen LogP contribution in [-0.4, -0.2) is 23.8 Å². The first kappa shape index (κ1) is 16.3. The fourth-order valence-electron chi connectivity index (χ4n) is 1.54. The van der Waals surface area contributed by atoms with Crippen LogP contribution in [0.2, 0.25) is 5.02 Å². The lowest BCUT2D eigenvalue weighted by molar-refractivity contribution is -0.123. The largest absolute Gasteiger partial charge is 0.507 e. The number of ether oxygens (including phenoxy) is 1. The first-order valence-electron chi connectivity index (χ1n) is 6.24. The molecule has 0 aromatic heterocycles. The number of carbonyl (C=O) groups is 1. The van der Waals surface area contributed by atoms with Gasteiger partial charge >= 0.3 is 0 Å². The Morgan fingerprint density at radius 1 is 1.36 bits per heavy atom. The molecule has 0 aliphatic heterocycles. The number of nitrogens with zero attached hydrogens (tertiary/aromatic N) is 1. The molecule has 2 aromatic carbocycles. The Balaban J connectivity index is 1.86. The minimum Gasteiger partial charge on any atom is -0.507 e. The second-order valence-electron chi connectivity index (χ2n) is 4.22. The molecule has 2 N–H and O–H groups in total. The average Bonchev–Trinajstić information content (AvgIpc) is 2.50. The molecule has 22 heavy (non-hydrogen) atoms. The van der Waals surface area contributed by atoms with Gasteiger partial charge in [-0.1, -0.05) is 39.7 Å². The van der Waals surface area contributed by atoms with Gasteiger partial charge in [0.15, 0.2) is 6.61 Å². The van der Waals surface area contributed by atoms with Crippen molar-refractivity contribution < 1.29 is 14.6 Å². The Labute approximate surface area is 140 Å². The number of rotatable bonds is 5. The number of halogens is 2. The maximum atomic E-state index is 11.6. The van der Waals surface area contributed by atoms with E-state index >= 15 is 0 Å². The Kier molecular flexibility index (Phi) is 5.80. The fourth-order valence-corrected chi connectivity index (χ4v) is 2.11. The Morgan fingerprint density at radius 2 is 2.14 bits per heavy atom. The van der Waals surface area contributed by atoms with Crippen LogP contribution in [0, 0.1) is 0 Å². The third-order valence-electron chi connectivity index (χ3n) is 2.58. The predicted octanol–water partition coefficient (Wildman–Crippen LogP) is 3.34. The van der Waals surface area contributed by atoms with Crippen molar-refractivity contribution in [2.75, 3.05) is 6.61 Å². The van der Waals surface area contributed by atoms with Crippen molar-refractivity contribution in [1.82, 2.24) is 5.43 Å². The van der Waals surface area contributed by atoms with Gasteiger partial charge in [0.25, 0.3) is 5.91 Å². The third-order valence-corrected chi connectivity index (χ3v) is 3.38. The van der Waals surface area contributed by atoms with Gasteiger partial charge in [0.2, 0.25) is 0 Å². The number of phenols is 1. The number of phenolic OH excluding ortho intramolecular Hbond substituents is 1. The van der Waals surface area contributed by atoms with E-state index in [4.69, 9.17) is 16.3 Å². The molecule has 0 atom stereocenters. The number of hydrogen-bond acceptors (Lipinski definition) is 4. The minimum atomic E-state index is -0.439. The second kappa shape index (κ2) is 7.82. The summed E-state index contributed by atoms with van der Waals surface area (Å²) >= 11 is 9.19. The van der Waals surface area contributed by atoms with E-state index in [0.717, 1.165) is 4.47 Å². The van der Waals surface area contributed by atoms with E-state index in [1.807, 2.05) is 0 Å². The number of hydrazone groups is 1. The number of amides is 1. The number of carbonyl (C=O) groups excluding carboxylic acids is 1. The number of hydrogen-bond donors (Lipinski definition) is 2. The van der Waals surface area contributed by atoms with Crippen LogP contribution < -0.4 is 10.2 Å². The third kappa shape index (κ3) is 4.75. The zero-order chi connectivity index (χ0) is 15.9. The van der Waals surface area contributed by atoms with Crippen LogP contribution in [0.15, 0.2) is 52.0 Å². The van der Waals surface area contributed by atoms with Gasteiger partial charge in [-0.3, -0.25) is 4.79 Å². The summed E-state index contributed by atoms with van der Waals surface area (Å²) in [5.74, 6) is 0.0482. The quantitative estimate of drug-likeness (QED) is 0.614. The van der Waals surface area contributed by atoms with E-state index < -0.39 is 5.91 Å². The van der Waals surface area contributed by atoms with Crippen molar-refractivity contribution >= 4 is 39.7 Å². The second-order valence-corrected chi connectivity index (χ2v) is 5.54. The molecule has 0 spiro atoms. The van der Waals surface area contributed by atoms with Gasteiger partial charge in [-0.2, -0.15) is 5.10 Å². The number of para-hydroxylation sites is 1. The number of nitrogens with one attached hydrogen (secondary N) is 1. The van der Waals surface area contributed by atoms with Crippen LogP contribution >= 0.6 is 27.5 Å². The highest BCUT2D eigenvalue weighted by molar-refractivity contribution is 9.10. The highest BCUT2D eigenvalue weighted by Gasteiger charge is 2.04. The molecule has 5 nitrogen and oxygen atoms in total. The molecule has 0 saturated carbocycles. The van der Waals surface area contributed by atoms with Gasteiger partial charge in [0.1, 0.15) is 11.5 Å². The van der Waals surface area contributed by atoms with E-state index in [1.54, 1.807) is 36.4 Å². The molecular weight excluding hydrogens is 372 g/mol. The number of benzene rings is 2. The van der Waals surface area contributed by atoms with Crippen molar-refractivity contribution in [3.63, 3.8) is 0 Å². The molecule has 114 valence electrons.